The van der Waals surface area contributed by atoms with Gasteiger partial charge in [0.25, 0.3) is 0 Å². The second-order valence-electron chi connectivity index (χ2n) is 11.3. The second-order valence-corrected chi connectivity index (χ2v) is 11.3. The molecule has 3 fully saturated rings. The molecule has 1 aliphatic carbocycles. The van der Waals surface area contributed by atoms with Crippen LogP contribution in [-0.2, 0) is 16.1 Å². The zero-order valence-electron chi connectivity index (χ0n) is 23.3. The number of likely N-dealkylation sites (tertiary alicyclic amines) is 1. The Bertz CT molecular complexity index is 1190. The SMILES string of the molecule is COc1ccc(CN2C(=O)CCC(c3cccc(N4CCN(CC5CCC(NC(=O)O)CC5)CC4)c3)C2=O)cc1. The van der Waals surface area contributed by atoms with Gasteiger partial charge in [0.15, 0.2) is 0 Å². The Balaban J connectivity index is 1.15. The number of carbonyl (C=O) groups is 3. The zero-order chi connectivity index (χ0) is 28.1. The molecule has 2 aliphatic heterocycles. The van der Waals surface area contributed by atoms with Gasteiger partial charge in [-0.25, -0.2) is 4.79 Å². The molecule has 214 valence electrons. The van der Waals surface area contributed by atoms with Gasteiger partial charge < -0.3 is 20.1 Å². The predicted molar refractivity (Wildman–Crippen MR) is 153 cm³/mol. The molecular formula is C31H40N4O5. The van der Waals surface area contributed by atoms with Gasteiger partial charge in [-0.15, -0.1) is 0 Å². The first-order chi connectivity index (χ1) is 19.4. The molecule has 1 atom stereocenters. The van der Waals surface area contributed by atoms with Crippen LogP contribution >= 0.6 is 0 Å². The lowest BCUT2D eigenvalue weighted by molar-refractivity contribution is -0.150. The molecule has 0 aromatic heterocycles. The predicted octanol–water partition coefficient (Wildman–Crippen LogP) is 4.08. The number of hydrogen-bond acceptors (Lipinski definition) is 6. The summed E-state index contributed by atoms with van der Waals surface area (Å²) in [5.41, 5.74) is 3.01. The summed E-state index contributed by atoms with van der Waals surface area (Å²) in [5, 5.41) is 11.6. The van der Waals surface area contributed by atoms with Crippen LogP contribution in [-0.4, -0.2) is 78.7 Å². The quantitative estimate of drug-likeness (QED) is 0.480. The van der Waals surface area contributed by atoms with Crippen LogP contribution in [0.2, 0.25) is 0 Å². The largest absolute Gasteiger partial charge is 0.497 e. The van der Waals surface area contributed by atoms with E-state index in [2.05, 4.69) is 27.2 Å². The Morgan fingerprint density at radius 3 is 2.38 bits per heavy atom. The standard InChI is InChI=1S/C31H40N4O5/c1-40-27-11-7-23(8-12-27)21-35-29(36)14-13-28(30(35)37)24-3-2-4-26(19-24)34-17-15-33(16-18-34)20-22-5-9-25(10-6-22)32-31(38)39/h2-4,7-8,11-12,19,22,25,28,32H,5-6,9-10,13-18,20-21H2,1H3,(H,38,39). The number of piperazine rings is 1. The first-order valence-corrected chi connectivity index (χ1v) is 14.4. The molecule has 5 rings (SSSR count). The van der Waals surface area contributed by atoms with Crippen LogP contribution in [0, 0.1) is 5.92 Å². The molecule has 2 heterocycles. The monoisotopic (exact) mass is 548 g/mol. The van der Waals surface area contributed by atoms with Crippen molar-refractivity contribution in [2.24, 2.45) is 5.92 Å². The number of methoxy groups -OCH3 is 1. The zero-order valence-corrected chi connectivity index (χ0v) is 23.3. The molecular weight excluding hydrogens is 508 g/mol. The van der Waals surface area contributed by atoms with Crippen LogP contribution in [0.3, 0.4) is 0 Å². The van der Waals surface area contributed by atoms with Crippen LogP contribution < -0.4 is 15.0 Å². The van der Waals surface area contributed by atoms with Gasteiger partial charge in [0.1, 0.15) is 5.75 Å². The number of rotatable bonds is 8. The Morgan fingerprint density at radius 2 is 1.70 bits per heavy atom. The average Bonchev–Trinajstić information content (AvgIpc) is 2.97. The fourth-order valence-corrected chi connectivity index (χ4v) is 6.38. The first-order valence-electron chi connectivity index (χ1n) is 14.4. The van der Waals surface area contributed by atoms with E-state index in [4.69, 9.17) is 9.84 Å². The van der Waals surface area contributed by atoms with E-state index < -0.39 is 6.09 Å². The van der Waals surface area contributed by atoms with E-state index in [-0.39, 0.29) is 30.3 Å². The number of anilines is 1. The van der Waals surface area contributed by atoms with Crippen LogP contribution in [0.4, 0.5) is 10.5 Å². The summed E-state index contributed by atoms with van der Waals surface area (Å²) >= 11 is 0. The fraction of sp³-hybridized carbons (Fsp3) is 0.516. The number of carboxylic acid groups (broad SMARTS) is 1. The van der Waals surface area contributed by atoms with Crippen LogP contribution in [0.25, 0.3) is 0 Å². The maximum absolute atomic E-state index is 13.5. The summed E-state index contributed by atoms with van der Waals surface area (Å²) in [4.78, 5) is 43.4. The van der Waals surface area contributed by atoms with Gasteiger partial charge in [0.2, 0.25) is 11.8 Å². The molecule has 2 saturated heterocycles. The molecule has 0 bridgehead atoms. The average molecular weight is 549 g/mol. The van der Waals surface area contributed by atoms with E-state index >= 15 is 0 Å². The molecule has 1 unspecified atom stereocenters. The molecule has 1 saturated carbocycles. The molecule has 9 nitrogen and oxygen atoms in total. The number of imide groups is 1. The molecule has 3 amide bonds. The highest BCUT2D eigenvalue weighted by Crippen LogP contribution is 2.33. The number of nitrogens with one attached hydrogen (secondary N) is 1. The van der Waals surface area contributed by atoms with E-state index in [1.165, 1.54) is 4.90 Å². The molecule has 0 spiro atoms. The van der Waals surface area contributed by atoms with Crippen molar-refractivity contribution in [3.05, 3.63) is 59.7 Å². The minimum absolute atomic E-state index is 0.0987. The van der Waals surface area contributed by atoms with Crippen LogP contribution in [0.5, 0.6) is 5.75 Å². The van der Waals surface area contributed by atoms with Gasteiger partial charge in [-0.3, -0.25) is 19.4 Å². The highest BCUT2D eigenvalue weighted by molar-refractivity contribution is 6.01. The molecule has 2 aromatic rings. The number of carbonyl (C=O) groups excluding carboxylic acids is 2. The topological polar surface area (TPSA) is 102 Å². The summed E-state index contributed by atoms with van der Waals surface area (Å²) in [6.45, 7) is 5.19. The summed E-state index contributed by atoms with van der Waals surface area (Å²) in [7, 11) is 1.61. The maximum Gasteiger partial charge on any atom is 0.404 e. The van der Waals surface area contributed by atoms with Gasteiger partial charge in [-0.05, 0) is 73.4 Å². The molecule has 2 aromatic carbocycles. The van der Waals surface area contributed by atoms with Crippen molar-refractivity contribution in [3.8, 4) is 5.75 Å². The number of benzene rings is 2. The summed E-state index contributed by atoms with van der Waals surface area (Å²) < 4.78 is 5.22. The summed E-state index contributed by atoms with van der Waals surface area (Å²) in [6, 6.07) is 15.9. The molecule has 9 heteroatoms. The van der Waals surface area contributed by atoms with Crippen molar-refractivity contribution >= 4 is 23.6 Å². The number of nitrogens with zero attached hydrogens (tertiary/aromatic N) is 3. The van der Waals surface area contributed by atoms with Gasteiger partial charge in [-0.2, -0.15) is 0 Å². The van der Waals surface area contributed by atoms with Gasteiger partial charge in [-0.1, -0.05) is 24.3 Å². The van der Waals surface area contributed by atoms with Gasteiger partial charge >= 0.3 is 6.09 Å². The van der Waals surface area contributed by atoms with Gasteiger partial charge in [0, 0.05) is 50.9 Å². The third-order valence-electron chi connectivity index (χ3n) is 8.71. The smallest absolute Gasteiger partial charge is 0.404 e. The van der Waals surface area contributed by atoms with Gasteiger partial charge in [0.05, 0.1) is 19.6 Å². The molecule has 3 aliphatic rings. The Labute approximate surface area is 236 Å². The Kier molecular flexibility index (Phi) is 8.89. The minimum Gasteiger partial charge on any atom is -0.497 e. The molecule has 0 radical (unpaired) electrons. The van der Waals surface area contributed by atoms with E-state index in [1.807, 2.05) is 36.4 Å². The fourth-order valence-electron chi connectivity index (χ4n) is 6.38. The maximum atomic E-state index is 13.5. The van der Waals surface area contributed by atoms with E-state index in [9.17, 15) is 14.4 Å². The number of ether oxygens (including phenoxy) is 1. The molecule has 2 N–H and O–H groups in total. The summed E-state index contributed by atoms with van der Waals surface area (Å²) in [5.74, 6) is 0.817. The number of piperidine rings is 1. The van der Waals surface area contributed by atoms with Crippen molar-refractivity contribution < 1.29 is 24.2 Å². The minimum atomic E-state index is -0.920. The molecule has 40 heavy (non-hydrogen) atoms. The lowest BCUT2D eigenvalue weighted by Crippen LogP contribution is -2.48. The Hall–Kier alpha value is -3.59. The lowest BCUT2D eigenvalue weighted by atomic mass is 9.85. The van der Waals surface area contributed by atoms with E-state index in [0.29, 0.717) is 18.8 Å². The highest BCUT2D eigenvalue weighted by atomic mass is 16.5. The van der Waals surface area contributed by atoms with Crippen molar-refractivity contribution in [1.82, 2.24) is 15.1 Å². The van der Waals surface area contributed by atoms with Crippen molar-refractivity contribution in [1.29, 1.82) is 0 Å². The van der Waals surface area contributed by atoms with Crippen molar-refractivity contribution in [3.63, 3.8) is 0 Å². The number of hydrogen-bond donors (Lipinski definition) is 2. The van der Waals surface area contributed by atoms with Crippen LogP contribution in [0.15, 0.2) is 48.5 Å². The van der Waals surface area contributed by atoms with Crippen molar-refractivity contribution in [2.75, 3.05) is 44.7 Å². The second kappa shape index (κ2) is 12.7. The Morgan fingerprint density at radius 1 is 0.975 bits per heavy atom. The first kappa shape index (κ1) is 28.0. The summed E-state index contributed by atoms with van der Waals surface area (Å²) in [6.07, 6.45) is 3.97. The van der Waals surface area contributed by atoms with E-state index in [1.54, 1.807) is 7.11 Å². The van der Waals surface area contributed by atoms with Crippen LogP contribution in [0.1, 0.15) is 55.6 Å². The lowest BCUT2D eigenvalue weighted by Gasteiger charge is -2.39. The third kappa shape index (κ3) is 6.75. The van der Waals surface area contributed by atoms with E-state index in [0.717, 1.165) is 81.0 Å². The van der Waals surface area contributed by atoms with Crippen molar-refractivity contribution in [2.45, 2.75) is 57.0 Å². The highest BCUT2D eigenvalue weighted by Gasteiger charge is 2.35. The number of amides is 3. The normalized spacial score (nSPS) is 24.2. The third-order valence-corrected chi connectivity index (χ3v) is 8.71.